The van der Waals surface area contributed by atoms with Gasteiger partial charge in [0.2, 0.25) is 5.89 Å². The van der Waals surface area contributed by atoms with Gasteiger partial charge in [0, 0.05) is 43.9 Å². The van der Waals surface area contributed by atoms with Crippen LogP contribution in [-0.4, -0.2) is 9.55 Å². The van der Waals surface area contributed by atoms with E-state index in [1.807, 2.05) is 42.5 Å². The number of oxazole rings is 1. The summed E-state index contributed by atoms with van der Waals surface area (Å²) in [4.78, 5) is 7.39. The van der Waals surface area contributed by atoms with Gasteiger partial charge in [-0.05, 0) is 113 Å². The molecular weight excluding hydrogens is 699 g/mol. The lowest BCUT2D eigenvalue weighted by atomic mass is 9.73. The van der Waals surface area contributed by atoms with Gasteiger partial charge >= 0.3 is 0 Å². The maximum absolute atomic E-state index is 6.72. The number of para-hydroxylation sites is 3. The fourth-order valence-corrected chi connectivity index (χ4v) is 9.23. The van der Waals surface area contributed by atoms with Crippen molar-refractivity contribution in [1.29, 1.82) is 0 Å². The van der Waals surface area contributed by atoms with E-state index in [1.165, 1.54) is 28.1 Å². The second-order valence-electron chi connectivity index (χ2n) is 15.6. The summed E-state index contributed by atoms with van der Waals surface area (Å²) < 4.78 is 15.3. The Hall–Kier alpha value is -7.37. The van der Waals surface area contributed by atoms with Gasteiger partial charge in [0.1, 0.15) is 16.7 Å². The van der Waals surface area contributed by atoms with Crippen molar-refractivity contribution in [3.8, 4) is 28.3 Å². The number of rotatable bonds is 4. The minimum atomic E-state index is -0.211. The Balaban J connectivity index is 1.09. The van der Waals surface area contributed by atoms with Gasteiger partial charge in [-0.25, -0.2) is 4.98 Å². The molecule has 5 heteroatoms. The Labute approximate surface area is 328 Å². The summed E-state index contributed by atoms with van der Waals surface area (Å²) in [7, 11) is 0. The van der Waals surface area contributed by atoms with Crippen LogP contribution in [0.2, 0.25) is 0 Å². The molecule has 0 saturated carbocycles. The molecule has 12 rings (SSSR count). The first-order valence-electron chi connectivity index (χ1n) is 19.5. The standard InChI is InChI=1S/C52H35N3O2/c1-52(2)41-18-10-11-19-45(41)54(35-15-7-4-8-16-35)46-27-22-34(30-42(46)52)33-21-26-44-39(29-33)38-24-25-43-50(57-51(53-43)32-13-5-3-6-14-32)49(38)55(44)36-23-28-48-40(31-36)37-17-9-12-20-47(37)56-48/h3-31H,1-2H3. The van der Waals surface area contributed by atoms with Crippen LogP contribution >= 0.6 is 0 Å². The normalized spacial score (nSPS) is 13.5. The highest BCUT2D eigenvalue weighted by Gasteiger charge is 2.37. The van der Waals surface area contributed by atoms with Gasteiger partial charge in [0.25, 0.3) is 0 Å². The summed E-state index contributed by atoms with van der Waals surface area (Å²) in [5.74, 6) is 0.606. The lowest BCUT2D eigenvalue weighted by Crippen LogP contribution is -2.30. The Kier molecular flexibility index (Phi) is 6.62. The predicted octanol–water partition coefficient (Wildman–Crippen LogP) is 14.3. The number of fused-ring (bicyclic) bond motifs is 10. The average Bonchev–Trinajstić information content (AvgIpc) is 3.96. The molecule has 8 aromatic carbocycles. The van der Waals surface area contributed by atoms with Crippen molar-refractivity contribution in [3.05, 3.63) is 187 Å². The molecule has 57 heavy (non-hydrogen) atoms. The topological polar surface area (TPSA) is 47.3 Å². The van der Waals surface area contributed by atoms with E-state index in [4.69, 9.17) is 13.8 Å². The molecule has 0 saturated heterocycles. The van der Waals surface area contributed by atoms with Crippen molar-refractivity contribution in [2.45, 2.75) is 19.3 Å². The van der Waals surface area contributed by atoms with Crippen LogP contribution < -0.4 is 4.90 Å². The van der Waals surface area contributed by atoms with Crippen molar-refractivity contribution < 1.29 is 8.83 Å². The van der Waals surface area contributed by atoms with Gasteiger partial charge in [-0.2, -0.15) is 0 Å². The molecule has 1 aliphatic heterocycles. The van der Waals surface area contributed by atoms with E-state index in [-0.39, 0.29) is 5.41 Å². The minimum absolute atomic E-state index is 0.211. The monoisotopic (exact) mass is 733 g/mol. The number of hydrogen-bond acceptors (Lipinski definition) is 4. The third-order valence-corrected chi connectivity index (χ3v) is 12.0. The SMILES string of the molecule is CC1(C)c2ccccc2N(c2ccccc2)c2ccc(-c3ccc4c(c3)c3ccc5nc(-c6ccccc6)oc5c3n4-c3ccc4oc5ccccc5c4c3)cc21. The zero-order chi connectivity index (χ0) is 37.8. The van der Waals surface area contributed by atoms with Crippen LogP contribution in [0.3, 0.4) is 0 Å². The van der Waals surface area contributed by atoms with E-state index < -0.39 is 0 Å². The lowest BCUT2D eigenvalue weighted by molar-refractivity contribution is 0.621. The first-order valence-corrected chi connectivity index (χ1v) is 19.5. The Morgan fingerprint density at radius 1 is 0.474 bits per heavy atom. The van der Waals surface area contributed by atoms with E-state index in [2.05, 4.69) is 157 Å². The number of furan rings is 1. The molecule has 0 aliphatic carbocycles. The smallest absolute Gasteiger partial charge is 0.227 e. The third-order valence-electron chi connectivity index (χ3n) is 12.0. The number of benzene rings is 8. The highest BCUT2D eigenvalue weighted by molar-refractivity contribution is 6.18. The first-order chi connectivity index (χ1) is 28.0. The molecule has 5 nitrogen and oxygen atoms in total. The van der Waals surface area contributed by atoms with E-state index in [0.717, 1.165) is 77.3 Å². The fourth-order valence-electron chi connectivity index (χ4n) is 9.23. The van der Waals surface area contributed by atoms with Crippen LogP contribution in [-0.2, 0) is 5.41 Å². The summed E-state index contributed by atoms with van der Waals surface area (Å²) in [6.07, 6.45) is 0. The molecule has 11 aromatic rings. The molecule has 0 spiro atoms. The van der Waals surface area contributed by atoms with Crippen LogP contribution in [0.5, 0.6) is 0 Å². The average molecular weight is 734 g/mol. The molecular formula is C52H35N3O2. The van der Waals surface area contributed by atoms with Crippen LogP contribution in [0, 0.1) is 0 Å². The van der Waals surface area contributed by atoms with Crippen LogP contribution in [0.25, 0.3) is 83.1 Å². The summed E-state index contributed by atoms with van der Waals surface area (Å²) in [6, 6.07) is 62.5. The number of anilines is 3. The van der Waals surface area contributed by atoms with Gasteiger partial charge in [-0.3, -0.25) is 0 Å². The lowest BCUT2D eigenvalue weighted by Gasteiger charge is -2.42. The Bertz CT molecular complexity index is 3390. The minimum Gasteiger partial charge on any atom is -0.456 e. The maximum Gasteiger partial charge on any atom is 0.227 e. The summed E-state index contributed by atoms with van der Waals surface area (Å²) in [5, 5.41) is 4.42. The van der Waals surface area contributed by atoms with E-state index in [0.29, 0.717) is 5.89 Å². The van der Waals surface area contributed by atoms with Crippen LogP contribution in [0.15, 0.2) is 185 Å². The zero-order valence-corrected chi connectivity index (χ0v) is 31.4. The molecule has 0 bridgehead atoms. The number of hydrogen-bond donors (Lipinski definition) is 0. The maximum atomic E-state index is 6.72. The van der Waals surface area contributed by atoms with Crippen molar-refractivity contribution in [3.63, 3.8) is 0 Å². The van der Waals surface area contributed by atoms with E-state index in [1.54, 1.807) is 0 Å². The van der Waals surface area contributed by atoms with Gasteiger partial charge in [-0.15, -0.1) is 0 Å². The largest absolute Gasteiger partial charge is 0.456 e. The fraction of sp³-hybridized carbons (Fsp3) is 0.0577. The van der Waals surface area contributed by atoms with Crippen LogP contribution in [0.1, 0.15) is 25.0 Å². The van der Waals surface area contributed by atoms with Gasteiger partial charge in [0.15, 0.2) is 5.58 Å². The molecule has 4 heterocycles. The molecule has 3 aromatic heterocycles. The third kappa shape index (κ3) is 4.66. The molecule has 0 radical (unpaired) electrons. The van der Waals surface area contributed by atoms with Crippen molar-refractivity contribution in [2.75, 3.05) is 4.90 Å². The molecule has 0 atom stereocenters. The van der Waals surface area contributed by atoms with E-state index in [9.17, 15) is 0 Å². The quantitative estimate of drug-likeness (QED) is 0.181. The Morgan fingerprint density at radius 2 is 1.19 bits per heavy atom. The van der Waals surface area contributed by atoms with Crippen LogP contribution in [0.4, 0.5) is 17.1 Å². The first kappa shape index (κ1) is 31.9. The van der Waals surface area contributed by atoms with Gasteiger partial charge < -0.3 is 18.3 Å². The van der Waals surface area contributed by atoms with Gasteiger partial charge in [0.05, 0.1) is 22.4 Å². The second-order valence-corrected chi connectivity index (χ2v) is 15.6. The van der Waals surface area contributed by atoms with E-state index >= 15 is 0 Å². The van der Waals surface area contributed by atoms with Crippen molar-refractivity contribution >= 4 is 71.9 Å². The van der Waals surface area contributed by atoms with Gasteiger partial charge in [-0.1, -0.05) is 98.8 Å². The summed E-state index contributed by atoms with van der Waals surface area (Å²) in [5.41, 5.74) is 15.7. The Morgan fingerprint density at radius 3 is 2.07 bits per heavy atom. The molecule has 0 fully saturated rings. The molecule has 0 N–H and O–H groups in total. The molecule has 0 amide bonds. The molecule has 0 unspecified atom stereocenters. The second kappa shape index (κ2) is 11.8. The molecule has 270 valence electrons. The summed E-state index contributed by atoms with van der Waals surface area (Å²) in [6.45, 7) is 4.69. The highest BCUT2D eigenvalue weighted by Crippen LogP contribution is 2.53. The number of aromatic nitrogens is 2. The summed E-state index contributed by atoms with van der Waals surface area (Å²) >= 11 is 0. The van der Waals surface area contributed by atoms with Crippen molar-refractivity contribution in [1.82, 2.24) is 9.55 Å². The predicted molar refractivity (Wildman–Crippen MR) is 233 cm³/mol. The number of nitrogens with zero attached hydrogens (tertiary/aromatic N) is 3. The molecule has 1 aliphatic rings. The zero-order valence-electron chi connectivity index (χ0n) is 31.4. The van der Waals surface area contributed by atoms with Crippen molar-refractivity contribution in [2.24, 2.45) is 0 Å². The highest BCUT2D eigenvalue weighted by atomic mass is 16.3.